The minimum absolute atomic E-state index is 0.228. The Hall–Kier alpha value is -0.340. The maximum absolute atomic E-state index is 10.4. The number of nitrogens with zero attached hydrogens (tertiary/aromatic N) is 2. The summed E-state index contributed by atoms with van der Waals surface area (Å²) in [5.74, 6) is 0. The molecule has 0 aliphatic carbocycles. The number of hydrogen-bond donors (Lipinski definition) is 3. The van der Waals surface area contributed by atoms with Gasteiger partial charge >= 0.3 is 16.5 Å². The fourth-order valence-electron chi connectivity index (χ4n) is 0.603. The number of rotatable bonds is 6. The lowest BCUT2D eigenvalue weighted by atomic mass is 11.0. The topological polar surface area (TPSA) is 131 Å². The molecule has 12 heteroatoms. The molecule has 0 saturated heterocycles. The molecule has 15 heavy (non-hydrogen) atoms. The lowest BCUT2D eigenvalue weighted by Gasteiger charge is -2.14. The molecule has 0 bridgehead atoms. The zero-order valence-corrected chi connectivity index (χ0v) is 9.80. The minimum Gasteiger partial charge on any atom is -0.326 e. The molecule has 0 radical (unpaired) electrons. The minimum atomic E-state index is -3.30. The van der Waals surface area contributed by atoms with Gasteiger partial charge in [0.15, 0.2) is 0 Å². The standard InChI is InChI=1S/C3H7N3O6P2S/c7-13(8)11-3(12-14(9)10)5-2-6-4-1-15-2/h1,3,13-14H,(H,5,6)(H,7,8)(H,9,10). The van der Waals surface area contributed by atoms with Gasteiger partial charge in [0.2, 0.25) is 5.13 Å². The summed E-state index contributed by atoms with van der Waals surface area (Å²) in [7, 11) is -6.59. The summed E-state index contributed by atoms with van der Waals surface area (Å²) in [6, 6.07) is 0. The molecule has 2 unspecified atom stereocenters. The van der Waals surface area contributed by atoms with E-state index in [-0.39, 0.29) is 5.13 Å². The van der Waals surface area contributed by atoms with Gasteiger partial charge in [-0.05, 0) is 0 Å². The van der Waals surface area contributed by atoms with Crippen LogP contribution in [0.2, 0.25) is 0 Å². The van der Waals surface area contributed by atoms with Gasteiger partial charge in [-0.15, -0.1) is 10.2 Å². The first-order valence-electron chi connectivity index (χ1n) is 3.40. The van der Waals surface area contributed by atoms with Crippen molar-refractivity contribution in [3.05, 3.63) is 5.51 Å². The third-order valence-electron chi connectivity index (χ3n) is 1.02. The average molecular weight is 275 g/mol. The number of aromatic nitrogens is 2. The van der Waals surface area contributed by atoms with E-state index in [0.717, 1.165) is 11.3 Å². The Bertz CT molecular complexity index is 329. The van der Waals surface area contributed by atoms with E-state index < -0.39 is 22.9 Å². The first-order valence-corrected chi connectivity index (χ1v) is 6.80. The number of nitrogens with one attached hydrogen (secondary N) is 1. The predicted octanol–water partition coefficient (Wildman–Crippen LogP) is 0.0308. The van der Waals surface area contributed by atoms with E-state index in [1.807, 2.05) is 0 Å². The first kappa shape index (κ1) is 12.7. The SMILES string of the molecule is O=[PH](O)OC(Nc1nncs1)O[PH](=O)O. The molecular weight excluding hydrogens is 268 g/mol. The molecule has 0 aliphatic heterocycles. The third-order valence-corrected chi connectivity index (χ3v) is 2.47. The molecule has 0 spiro atoms. The van der Waals surface area contributed by atoms with Gasteiger partial charge in [0, 0.05) is 0 Å². The molecule has 1 aromatic rings. The van der Waals surface area contributed by atoms with Crippen molar-refractivity contribution in [1.82, 2.24) is 10.2 Å². The molecule has 0 aliphatic rings. The van der Waals surface area contributed by atoms with Gasteiger partial charge in [-0.2, -0.15) is 0 Å². The van der Waals surface area contributed by atoms with Crippen LogP contribution in [0.5, 0.6) is 0 Å². The van der Waals surface area contributed by atoms with Crippen molar-refractivity contribution in [2.45, 2.75) is 6.41 Å². The van der Waals surface area contributed by atoms with Crippen molar-refractivity contribution in [2.24, 2.45) is 0 Å². The van der Waals surface area contributed by atoms with Crippen LogP contribution in [-0.4, -0.2) is 26.4 Å². The maximum Gasteiger partial charge on any atom is 0.320 e. The Morgan fingerprint density at radius 2 is 2.00 bits per heavy atom. The Kier molecular flexibility index (Phi) is 5.34. The Balaban J connectivity index is 2.55. The van der Waals surface area contributed by atoms with Crippen LogP contribution in [0.15, 0.2) is 5.51 Å². The molecule has 0 fully saturated rings. The molecular formula is C3H7N3O6P2S. The van der Waals surface area contributed by atoms with Crippen molar-refractivity contribution in [3.8, 4) is 0 Å². The van der Waals surface area contributed by atoms with Gasteiger partial charge in [-0.3, -0.25) is 18.2 Å². The number of hydrogen-bond acceptors (Lipinski definition) is 8. The second-order valence-corrected chi connectivity index (χ2v) is 4.36. The van der Waals surface area contributed by atoms with Crippen molar-refractivity contribution < 1.29 is 28.0 Å². The van der Waals surface area contributed by atoms with Crippen LogP contribution in [0.3, 0.4) is 0 Å². The molecule has 0 saturated carbocycles. The Morgan fingerprint density at radius 1 is 1.40 bits per heavy atom. The summed E-state index contributed by atoms with van der Waals surface area (Å²) in [5, 5.41) is 9.57. The van der Waals surface area contributed by atoms with E-state index in [2.05, 4.69) is 24.6 Å². The summed E-state index contributed by atoms with van der Waals surface area (Å²) < 4.78 is 29.3. The highest BCUT2D eigenvalue weighted by Gasteiger charge is 2.15. The van der Waals surface area contributed by atoms with Crippen LogP contribution in [0.4, 0.5) is 5.13 Å². The Morgan fingerprint density at radius 3 is 2.40 bits per heavy atom. The van der Waals surface area contributed by atoms with Crippen molar-refractivity contribution >= 4 is 33.0 Å². The zero-order chi connectivity index (χ0) is 11.3. The molecule has 1 aromatic heterocycles. The lowest BCUT2D eigenvalue weighted by molar-refractivity contribution is 0.0262. The van der Waals surface area contributed by atoms with Crippen LogP contribution < -0.4 is 5.32 Å². The van der Waals surface area contributed by atoms with Crippen LogP contribution in [0.25, 0.3) is 0 Å². The molecule has 0 aromatic carbocycles. The van der Waals surface area contributed by atoms with E-state index in [1.165, 1.54) is 5.51 Å². The molecule has 9 nitrogen and oxygen atoms in total. The second kappa shape index (κ2) is 6.29. The quantitative estimate of drug-likeness (QED) is 0.486. The maximum atomic E-state index is 10.4. The Labute approximate surface area is 89.0 Å². The first-order chi connectivity index (χ1) is 7.08. The van der Waals surface area contributed by atoms with Gasteiger partial charge in [0.1, 0.15) is 5.51 Å². The molecule has 3 N–H and O–H groups in total. The van der Waals surface area contributed by atoms with E-state index in [9.17, 15) is 9.13 Å². The lowest BCUT2D eigenvalue weighted by Crippen LogP contribution is -2.21. The highest BCUT2D eigenvalue weighted by molar-refractivity contribution is 7.32. The molecule has 86 valence electrons. The zero-order valence-electron chi connectivity index (χ0n) is 6.98. The van der Waals surface area contributed by atoms with E-state index in [1.54, 1.807) is 0 Å². The van der Waals surface area contributed by atoms with Gasteiger partial charge in [-0.1, -0.05) is 11.3 Å². The summed E-state index contributed by atoms with van der Waals surface area (Å²) in [5.41, 5.74) is 1.39. The van der Waals surface area contributed by atoms with Crippen molar-refractivity contribution in [3.63, 3.8) is 0 Å². The van der Waals surface area contributed by atoms with E-state index in [0.29, 0.717) is 0 Å². The van der Waals surface area contributed by atoms with Crippen LogP contribution in [0, 0.1) is 0 Å². The molecule has 1 rings (SSSR count). The summed E-state index contributed by atoms with van der Waals surface area (Å²) >= 11 is 1.07. The molecule has 1 heterocycles. The van der Waals surface area contributed by atoms with Gasteiger partial charge in [-0.25, -0.2) is 0 Å². The summed E-state index contributed by atoms with van der Waals surface area (Å²) in [6.45, 7) is 0. The second-order valence-electron chi connectivity index (χ2n) is 1.99. The van der Waals surface area contributed by atoms with Gasteiger partial charge in [0.25, 0.3) is 6.41 Å². The highest BCUT2D eigenvalue weighted by Crippen LogP contribution is 2.27. The summed E-state index contributed by atoms with van der Waals surface area (Å²) in [6.07, 6.45) is -1.51. The largest absolute Gasteiger partial charge is 0.326 e. The highest BCUT2D eigenvalue weighted by atomic mass is 32.1. The fraction of sp³-hybridized carbons (Fsp3) is 0.333. The normalized spacial score (nSPS) is 16.9. The molecule has 2 atom stereocenters. The average Bonchev–Trinajstić information content (AvgIpc) is 2.53. The smallest absolute Gasteiger partial charge is 0.320 e. The monoisotopic (exact) mass is 275 g/mol. The van der Waals surface area contributed by atoms with Crippen LogP contribution in [0.1, 0.15) is 0 Å². The van der Waals surface area contributed by atoms with Crippen molar-refractivity contribution in [2.75, 3.05) is 5.32 Å². The van der Waals surface area contributed by atoms with Gasteiger partial charge < -0.3 is 15.1 Å². The summed E-state index contributed by atoms with van der Waals surface area (Å²) in [4.78, 5) is 16.9. The third kappa shape index (κ3) is 5.33. The van der Waals surface area contributed by atoms with E-state index >= 15 is 0 Å². The van der Waals surface area contributed by atoms with Crippen molar-refractivity contribution in [1.29, 1.82) is 0 Å². The number of anilines is 1. The van der Waals surface area contributed by atoms with Crippen LogP contribution in [-0.2, 0) is 18.2 Å². The fourth-order valence-corrected chi connectivity index (χ4v) is 1.73. The van der Waals surface area contributed by atoms with Gasteiger partial charge in [0.05, 0.1) is 0 Å². The van der Waals surface area contributed by atoms with E-state index in [4.69, 9.17) is 9.79 Å². The molecule has 0 amide bonds. The van der Waals surface area contributed by atoms with Crippen LogP contribution >= 0.6 is 27.8 Å². The predicted molar refractivity (Wildman–Crippen MR) is 51.9 cm³/mol.